The predicted molar refractivity (Wildman–Crippen MR) is 138 cm³/mol. The van der Waals surface area contributed by atoms with Gasteiger partial charge in [0.25, 0.3) is 5.91 Å². The van der Waals surface area contributed by atoms with Crippen molar-refractivity contribution in [2.24, 2.45) is 0 Å². The number of nitrogens with one attached hydrogen (secondary N) is 3. The minimum atomic E-state index is -0.776. The Balaban J connectivity index is 1.39. The highest BCUT2D eigenvalue weighted by Gasteiger charge is 2.23. The highest BCUT2D eigenvalue weighted by atomic mass is 16.2. The van der Waals surface area contributed by atoms with Crippen molar-refractivity contribution in [2.45, 2.75) is 19.0 Å². The molecule has 0 saturated heterocycles. The molecular weight excluding hydrogens is 438 g/mol. The van der Waals surface area contributed by atoms with E-state index >= 15 is 0 Å². The average molecular weight is 464 g/mol. The fraction of sp³-hybridized carbons (Fsp3) is 0.107. The summed E-state index contributed by atoms with van der Waals surface area (Å²) in [5.41, 5.74) is 8.72. The molecule has 2 aromatic heterocycles. The van der Waals surface area contributed by atoms with Gasteiger partial charge in [0.1, 0.15) is 17.6 Å². The summed E-state index contributed by atoms with van der Waals surface area (Å²) in [5, 5.41) is 8.93. The van der Waals surface area contributed by atoms with Gasteiger partial charge in [0.2, 0.25) is 5.91 Å². The molecule has 0 aliphatic heterocycles. The van der Waals surface area contributed by atoms with E-state index < -0.39 is 6.04 Å². The Morgan fingerprint density at radius 1 is 0.914 bits per heavy atom. The monoisotopic (exact) mass is 463 g/mol. The number of amides is 2. The van der Waals surface area contributed by atoms with E-state index in [0.717, 1.165) is 32.8 Å². The second kappa shape index (κ2) is 9.69. The molecule has 3 aromatic carbocycles. The molecule has 0 saturated carbocycles. The van der Waals surface area contributed by atoms with Gasteiger partial charge in [0.15, 0.2) is 0 Å². The standard InChI is InChI=1S/C28H25N5O2/c29-26-13-12-18(16-30-26)17-31-27(34)24(14-20-9-5-8-19-6-1-3-10-22(19)20)33-28(35)25-15-21-7-2-4-11-23(21)32-25/h1-13,15-16,24,32H,14,17H2,(H2,29,30)(H,31,34)(H,33,35)/t24-/m0/s1. The maximum Gasteiger partial charge on any atom is 0.268 e. The number of aromatic amines is 1. The molecule has 0 aliphatic rings. The normalized spacial score (nSPS) is 11.9. The predicted octanol–water partition coefficient (Wildman–Crippen LogP) is 3.96. The fourth-order valence-electron chi connectivity index (χ4n) is 4.18. The van der Waals surface area contributed by atoms with Gasteiger partial charge in [-0.3, -0.25) is 9.59 Å². The number of nitrogens with zero attached hydrogens (tertiary/aromatic N) is 1. The quantitative estimate of drug-likeness (QED) is 0.293. The van der Waals surface area contributed by atoms with Crippen molar-refractivity contribution in [2.75, 3.05) is 5.73 Å². The van der Waals surface area contributed by atoms with Crippen LogP contribution in [0.5, 0.6) is 0 Å². The van der Waals surface area contributed by atoms with Crippen molar-refractivity contribution in [3.8, 4) is 0 Å². The number of H-pyrrole nitrogens is 1. The first kappa shape index (κ1) is 22.2. The Morgan fingerprint density at radius 3 is 2.49 bits per heavy atom. The molecule has 7 nitrogen and oxygen atoms in total. The summed E-state index contributed by atoms with van der Waals surface area (Å²) in [4.78, 5) is 33.6. The van der Waals surface area contributed by atoms with E-state index in [2.05, 4.69) is 20.6 Å². The number of carbonyl (C=O) groups is 2. The number of carbonyl (C=O) groups excluding carboxylic acids is 2. The summed E-state index contributed by atoms with van der Waals surface area (Å²) >= 11 is 0. The van der Waals surface area contributed by atoms with Crippen molar-refractivity contribution in [1.82, 2.24) is 20.6 Å². The highest BCUT2D eigenvalue weighted by Crippen LogP contribution is 2.20. The Hall–Kier alpha value is -4.65. The molecule has 5 N–H and O–H groups in total. The lowest BCUT2D eigenvalue weighted by molar-refractivity contribution is -0.123. The summed E-state index contributed by atoms with van der Waals surface area (Å²) in [5.74, 6) is -0.200. The molecule has 35 heavy (non-hydrogen) atoms. The number of hydrogen-bond donors (Lipinski definition) is 4. The molecule has 0 fully saturated rings. The van der Waals surface area contributed by atoms with E-state index in [-0.39, 0.29) is 18.4 Å². The van der Waals surface area contributed by atoms with Crippen molar-refractivity contribution in [3.05, 3.63) is 108 Å². The largest absolute Gasteiger partial charge is 0.384 e. The van der Waals surface area contributed by atoms with E-state index in [1.165, 1.54) is 0 Å². The Bertz CT molecular complexity index is 1470. The van der Waals surface area contributed by atoms with Crippen LogP contribution in [0.4, 0.5) is 5.82 Å². The van der Waals surface area contributed by atoms with Crippen molar-refractivity contribution >= 4 is 39.3 Å². The van der Waals surface area contributed by atoms with E-state index in [0.29, 0.717) is 17.9 Å². The zero-order chi connectivity index (χ0) is 24.2. The van der Waals surface area contributed by atoms with Gasteiger partial charge in [-0.05, 0) is 40.1 Å². The molecular formula is C28H25N5O2. The second-order valence-corrected chi connectivity index (χ2v) is 8.45. The van der Waals surface area contributed by atoms with Gasteiger partial charge in [-0.15, -0.1) is 0 Å². The molecule has 0 unspecified atom stereocenters. The lowest BCUT2D eigenvalue weighted by Gasteiger charge is -2.19. The Labute approximate surface area is 202 Å². The molecule has 0 bridgehead atoms. The molecule has 5 aromatic rings. The number of nitrogens with two attached hydrogens (primary N) is 1. The number of benzene rings is 3. The lowest BCUT2D eigenvalue weighted by Crippen LogP contribution is -2.48. The average Bonchev–Trinajstić information content (AvgIpc) is 3.33. The second-order valence-electron chi connectivity index (χ2n) is 8.45. The highest BCUT2D eigenvalue weighted by molar-refractivity contribution is 6.00. The van der Waals surface area contributed by atoms with Crippen LogP contribution in [0, 0.1) is 0 Å². The molecule has 1 atom stereocenters. The molecule has 0 radical (unpaired) electrons. The van der Waals surface area contributed by atoms with E-state index in [1.54, 1.807) is 18.3 Å². The number of aromatic nitrogens is 2. The Morgan fingerprint density at radius 2 is 1.69 bits per heavy atom. The molecule has 5 rings (SSSR count). The van der Waals surface area contributed by atoms with Crippen LogP contribution in [0.2, 0.25) is 0 Å². The smallest absolute Gasteiger partial charge is 0.268 e. The zero-order valence-electron chi connectivity index (χ0n) is 19.0. The van der Waals surface area contributed by atoms with Crippen LogP contribution >= 0.6 is 0 Å². The number of rotatable bonds is 7. The first-order valence-corrected chi connectivity index (χ1v) is 11.4. The van der Waals surface area contributed by atoms with Crippen molar-refractivity contribution in [3.63, 3.8) is 0 Å². The van der Waals surface area contributed by atoms with Gasteiger partial charge in [-0.25, -0.2) is 4.98 Å². The van der Waals surface area contributed by atoms with Crippen LogP contribution in [-0.4, -0.2) is 27.8 Å². The van der Waals surface area contributed by atoms with Gasteiger partial charge in [-0.1, -0.05) is 66.7 Å². The van der Waals surface area contributed by atoms with Gasteiger partial charge in [-0.2, -0.15) is 0 Å². The summed E-state index contributed by atoms with van der Waals surface area (Å²) in [6, 6.07) is 26.2. The molecule has 7 heteroatoms. The van der Waals surface area contributed by atoms with Gasteiger partial charge >= 0.3 is 0 Å². The molecule has 174 valence electrons. The lowest BCUT2D eigenvalue weighted by atomic mass is 9.98. The fourth-order valence-corrected chi connectivity index (χ4v) is 4.18. The maximum atomic E-state index is 13.3. The van der Waals surface area contributed by atoms with Crippen LogP contribution in [0.3, 0.4) is 0 Å². The van der Waals surface area contributed by atoms with Crippen molar-refractivity contribution < 1.29 is 9.59 Å². The van der Waals surface area contributed by atoms with Crippen molar-refractivity contribution in [1.29, 1.82) is 0 Å². The van der Waals surface area contributed by atoms with E-state index in [9.17, 15) is 9.59 Å². The molecule has 2 heterocycles. The molecule has 2 amide bonds. The van der Waals surface area contributed by atoms with Crippen LogP contribution in [0.25, 0.3) is 21.7 Å². The first-order valence-electron chi connectivity index (χ1n) is 11.4. The number of para-hydroxylation sites is 1. The minimum absolute atomic E-state index is 0.278. The third kappa shape index (κ3) is 4.99. The number of fused-ring (bicyclic) bond motifs is 2. The summed E-state index contributed by atoms with van der Waals surface area (Å²) in [6.45, 7) is 0.278. The van der Waals surface area contributed by atoms with E-state index in [4.69, 9.17) is 5.73 Å². The van der Waals surface area contributed by atoms with E-state index in [1.807, 2.05) is 72.8 Å². The minimum Gasteiger partial charge on any atom is -0.384 e. The SMILES string of the molecule is Nc1ccc(CNC(=O)[C@H](Cc2cccc3ccccc23)NC(=O)c2cc3ccccc3[nH]2)cn1. The van der Waals surface area contributed by atoms with Crippen LogP contribution < -0.4 is 16.4 Å². The number of pyridine rings is 1. The number of anilines is 1. The summed E-state index contributed by atoms with van der Waals surface area (Å²) in [7, 11) is 0. The Kier molecular flexibility index (Phi) is 6.13. The third-order valence-electron chi connectivity index (χ3n) is 6.01. The maximum absolute atomic E-state index is 13.3. The van der Waals surface area contributed by atoms with Gasteiger partial charge in [0, 0.05) is 30.1 Å². The molecule has 0 aliphatic carbocycles. The first-order chi connectivity index (χ1) is 17.1. The van der Waals surface area contributed by atoms with Crippen LogP contribution in [-0.2, 0) is 17.8 Å². The molecule has 0 spiro atoms. The summed E-state index contributed by atoms with van der Waals surface area (Å²) in [6.07, 6.45) is 1.97. The zero-order valence-corrected chi connectivity index (χ0v) is 19.0. The topological polar surface area (TPSA) is 113 Å². The summed E-state index contributed by atoms with van der Waals surface area (Å²) < 4.78 is 0. The third-order valence-corrected chi connectivity index (χ3v) is 6.01. The van der Waals surface area contributed by atoms with Gasteiger partial charge < -0.3 is 21.4 Å². The number of hydrogen-bond acceptors (Lipinski definition) is 4. The van der Waals surface area contributed by atoms with Crippen LogP contribution in [0.1, 0.15) is 21.6 Å². The number of nitrogen functional groups attached to an aromatic ring is 1. The van der Waals surface area contributed by atoms with Gasteiger partial charge in [0.05, 0.1) is 0 Å². The van der Waals surface area contributed by atoms with Crippen LogP contribution in [0.15, 0.2) is 91.1 Å².